The van der Waals surface area contributed by atoms with Gasteiger partial charge in [0.1, 0.15) is 23.8 Å². The highest BCUT2D eigenvalue weighted by Gasteiger charge is 2.26. The van der Waals surface area contributed by atoms with Crippen molar-refractivity contribution in [1.29, 1.82) is 0 Å². The summed E-state index contributed by atoms with van der Waals surface area (Å²) in [4.78, 5) is 22.8. The van der Waals surface area contributed by atoms with E-state index in [9.17, 15) is 4.79 Å². The van der Waals surface area contributed by atoms with E-state index >= 15 is 0 Å². The molecule has 0 aliphatic carbocycles. The van der Waals surface area contributed by atoms with Crippen LogP contribution in [0, 0.1) is 0 Å². The highest BCUT2D eigenvalue weighted by molar-refractivity contribution is 5.74. The highest BCUT2D eigenvalue weighted by Crippen LogP contribution is 2.24. The molecule has 0 aromatic carbocycles. The number of aromatic nitrogens is 4. The van der Waals surface area contributed by atoms with E-state index < -0.39 is 0 Å². The van der Waals surface area contributed by atoms with Crippen LogP contribution in [0.25, 0.3) is 0 Å². The number of rotatable bonds is 8. The second-order valence-electron chi connectivity index (χ2n) is 6.17. The lowest BCUT2D eigenvalue weighted by Crippen LogP contribution is -2.45. The van der Waals surface area contributed by atoms with Gasteiger partial charge in [0.2, 0.25) is 0 Å². The summed E-state index contributed by atoms with van der Waals surface area (Å²) in [5, 5.41) is 19.6. The summed E-state index contributed by atoms with van der Waals surface area (Å²) >= 11 is 0. The van der Waals surface area contributed by atoms with Crippen LogP contribution in [0.2, 0.25) is 0 Å². The number of urea groups is 1. The summed E-state index contributed by atoms with van der Waals surface area (Å²) < 4.78 is 0. The second kappa shape index (κ2) is 9.51. The molecule has 2 amide bonds. The SMILES string of the molecule is CNc1cc(N2CCCC2CNC(=O)NCCNc2cccnn2)ncn1. The van der Waals surface area contributed by atoms with E-state index in [4.69, 9.17) is 0 Å². The number of nitrogens with zero attached hydrogens (tertiary/aromatic N) is 5. The molecular weight excluding hydrogens is 346 g/mol. The Kier molecular flexibility index (Phi) is 6.55. The smallest absolute Gasteiger partial charge is 0.314 e. The first-order valence-corrected chi connectivity index (χ1v) is 9.06. The molecule has 1 atom stereocenters. The zero-order valence-electron chi connectivity index (χ0n) is 15.4. The lowest BCUT2D eigenvalue weighted by Gasteiger charge is -2.26. The Morgan fingerprint density at radius 1 is 1.26 bits per heavy atom. The summed E-state index contributed by atoms with van der Waals surface area (Å²) in [5.74, 6) is 2.35. The van der Waals surface area contributed by atoms with Gasteiger partial charge in [0.25, 0.3) is 0 Å². The van der Waals surface area contributed by atoms with Gasteiger partial charge in [-0.25, -0.2) is 14.8 Å². The Hall–Kier alpha value is -3.17. The molecule has 4 N–H and O–H groups in total. The molecule has 0 bridgehead atoms. The van der Waals surface area contributed by atoms with E-state index in [0.29, 0.717) is 25.5 Å². The van der Waals surface area contributed by atoms with Crippen LogP contribution in [0.1, 0.15) is 12.8 Å². The molecule has 1 saturated heterocycles. The van der Waals surface area contributed by atoms with Crippen molar-refractivity contribution in [2.45, 2.75) is 18.9 Å². The quantitative estimate of drug-likeness (QED) is 0.500. The summed E-state index contributed by atoms with van der Waals surface area (Å²) in [6.45, 7) is 2.57. The molecule has 2 aromatic heterocycles. The molecule has 3 heterocycles. The summed E-state index contributed by atoms with van der Waals surface area (Å²) in [6, 6.07) is 5.61. The van der Waals surface area contributed by atoms with E-state index in [1.807, 2.05) is 19.2 Å². The standard InChI is InChI=1S/C17H25N9O/c1-18-15-10-16(23-12-22-15)26-9-3-4-13(26)11-21-17(27)20-8-7-19-14-5-2-6-24-25-14/h2,5-6,10,12-13H,3-4,7-9,11H2,1H3,(H,19,25)(H,18,22,23)(H2,20,21,27). The van der Waals surface area contributed by atoms with Gasteiger partial charge in [0, 0.05) is 51.5 Å². The van der Waals surface area contributed by atoms with Gasteiger partial charge in [-0.3, -0.25) is 0 Å². The molecule has 10 nitrogen and oxygen atoms in total. The Balaban J connectivity index is 1.40. The van der Waals surface area contributed by atoms with E-state index in [1.54, 1.807) is 18.6 Å². The maximum absolute atomic E-state index is 12.0. The van der Waals surface area contributed by atoms with Gasteiger partial charge >= 0.3 is 6.03 Å². The van der Waals surface area contributed by atoms with Crippen LogP contribution >= 0.6 is 0 Å². The molecule has 3 rings (SSSR count). The third-order valence-electron chi connectivity index (χ3n) is 4.37. The average molecular weight is 371 g/mol. The Morgan fingerprint density at radius 2 is 2.19 bits per heavy atom. The topological polar surface area (TPSA) is 120 Å². The van der Waals surface area contributed by atoms with Gasteiger partial charge in [0.05, 0.1) is 0 Å². The fourth-order valence-electron chi connectivity index (χ4n) is 3.03. The highest BCUT2D eigenvalue weighted by atomic mass is 16.2. The number of anilines is 3. The molecule has 2 aromatic rings. The maximum Gasteiger partial charge on any atom is 0.314 e. The van der Waals surface area contributed by atoms with Gasteiger partial charge in [-0.1, -0.05) is 0 Å². The molecule has 0 saturated carbocycles. The minimum atomic E-state index is -0.179. The molecule has 0 spiro atoms. The first-order valence-electron chi connectivity index (χ1n) is 9.06. The van der Waals surface area contributed by atoms with E-state index in [-0.39, 0.29) is 12.1 Å². The third kappa shape index (κ3) is 5.40. The Bertz CT molecular complexity index is 727. The fourth-order valence-corrected chi connectivity index (χ4v) is 3.03. The fraction of sp³-hybridized carbons (Fsp3) is 0.471. The second-order valence-corrected chi connectivity index (χ2v) is 6.17. The van der Waals surface area contributed by atoms with Gasteiger partial charge < -0.3 is 26.2 Å². The zero-order valence-corrected chi connectivity index (χ0v) is 15.4. The summed E-state index contributed by atoms with van der Waals surface area (Å²) in [7, 11) is 1.83. The van der Waals surface area contributed by atoms with Crippen molar-refractivity contribution in [3.63, 3.8) is 0 Å². The van der Waals surface area contributed by atoms with Gasteiger partial charge in [-0.15, -0.1) is 5.10 Å². The molecule has 1 aliphatic rings. The monoisotopic (exact) mass is 371 g/mol. The first-order chi connectivity index (χ1) is 13.3. The van der Waals surface area contributed by atoms with Crippen LogP contribution in [0.15, 0.2) is 30.7 Å². The van der Waals surface area contributed by atoms with Gasteiger partial charge in [-0.05, 0) is 25.0 Å². The van der Waals surface area contributed by atoms with E-state index in [2.05, 4.69) is 46.3 Å². The van der Waals surface area contributed by atoms with Crippen molar-refractivity contribution in [2.75, 3.05) is 48.8 Å². The van der Waals surface area contributed by atoms with Crippen molar-refractivity contribution >= 4 is 23.5 Å². The number of carbonyl (C=O) groups excluding carboxylic acids is 1. The number of hydrogen-bond acceptors (Lipinski definition) is 8. The van der Waals surface area contributed by atoms with Crippen molar-refractivity contribution in [3.05, 3.63) is 30.7 Å². The van der Waals surface area contributed by atoms with Crippen molar-refractivity contribution in [2.24, 2.45) is 0 Å². The summed E-state index contributed by atoms with van der Waals surface area (Å²) in [5.41, 5.74) is 0. The number of hydrogen-bond donors (Lipinski definition) is 4. The normalized spacial score (nSPS) is 16.0. The largest absolute Gasteiger partial charge is 0.373 e. The molecule has 1 unspecified atom stereocenters. The van der Waals surface area contributed by atoms with Crippen molar-refractivity contribution in [3.8, 4) is 0 Å². The lowest BCUT2D eigenvalue weighted by atomic mass is 10.2. The number of amides is 2. The zero-order chi connectivity index (χ0) is 18.9. The lowest BCUT2D eigenvalue weighted by molar-refractivity contribution is 0.240. The molecule has 1 aliphatic heterocycles. The van der Waals surface area contributed by atoms with Gasteiger partial charge in [0.15, 0.2) is 0 Å². The number of carbonyl (C=O) groups is 1. The van der Waals surface area contributed by atoms with Gasteiger partial charge in [-0.2, -0.15) is 5.10 Å². The minimum Gasteiger partial charge on any atom is -0.373 e. The molecule has 144 valence electrons. The minimum absolute atomic E-state index is 0.179. The average Bonchev–Trinajstić information content (AvgIpc) is 3.19. The van der Waals surface area contributed by atoms with E-state index in [0.717, 1.165) is 31.0 Å². The molecule has 27 heavy (non-hydrogen) atoms. The predicted octanol–water partition coefficient (Wildman–Crippen LogP) is 0.688. The Morgan fingerprint density at radius 3 is 3.00 bits per heavy atom. The molecule has 10 heteroatoms. The summed E-state index contributed by atoms with van der Waals surface area (Å²) in [6.07, 6.45) is 5.27. The van der Waals surface area contributed by atoms with Crippen LogP contribution in [0.4, 0.5) is 22.2 Å². The number of nitrogens with one attached hydrogen (secondary N) is 4. The maximum atomic E-state index is 12.0. The van der Waals surface area contributed by atoms with Crippen LogP contribution in [0.5, 0.6) is 0 Å². The van der Waals surface area contributed by atoms with E-state index in [1.165, 1.54) is 0 Å². The Labute approximate surface area is 158 Å². The van der Waals surface area contributed by atoms with Crippen molar-refractivity contribution < 1.29 is 4.79 Å². The van der Waals surface area contributed by atoms with Crippen LogP contribution in [-0.4, -0.2) is 65.5 Å². The van der Waals surface area contributed by atoms with Crippen LogP contribution in [0.3, 0.4) is 0 Å². The predicted molar refractivity (Wildman–Crippen MR) is 104 cm³/mol. The molecular formula is C17H25N9O. The molecule has 0 radical (unpaired) electrons. The molecule has 1 fully saturated rings. The van der Waals surface area contributed by atoms with Crippen molar-refractivity contribution in [1.82, 2.24) is 30.8 Å². The third-order valence-corrected chi connectivity index (χ3v) is 4.37. The van der Waals surface area contributed by atoms with Crippen LogP contribution in [-0.2, 0) is 0 Å². The first kappa shape index (κ1) is 18.6. The van der Waals surface area contributed by atoms with Crippen LogP contribution < -0.4 is 26.2 Å².